The average Bonchev–Trinajstić information content (AvgIpc) is 2.14. The summed E-state index contributed by atoms with van der Waals surface area (Å²) in [5.41, 5.74) is 4.91. The van der Waals surface area contributed by atoms with Gasteiger partial charge in [0, 0.05) is 24.2 Å². The Bertz CT molecular complexity index is 158. The van der Waals surface area contributed by atoms with Crippen LogP contribution in [0.3, 0.4) is 0 Å². The van der Waals surface area contributed by atoms with E-state index in [4.69, 9.17) is 17.5 Å². The molecular weight excluding hydrogens is 142 g/mol. The molecule has 0 atom stereocenters. The second-order valence-corrected chi connectivity index (χ2v) is 2.08. The largest absolute Gasteiger partial charge is 0.351 e. The predicted octanol–water partition coefficient (Wildman–Crippen LogP) is 0.265. The summed E-state index contributed by atoms with van der Waals surface area (Å²) in [5, 5.41) is 0. The van der Waals surface area contributed by atoms with Gasteiger partial charge in [-0.1, -0.05) is 0 Å². The number of rotatable bonds is 0. The van der Waals surface area contributed by atoms with E-state index in [1.807, 2.05) is 0 Å². The van der Waals surface area contributed by atoms with Crippen LogP contribution in [0.25, 0.3) is 0 Å². The van der Waals surface area contributed by atoms with Gasteiger partial charge in [0.05, 0.1) is 0 Å². The van der Waals surface area contributed by atoms with E-state index in [1.165, 1.54) is 15.5 Å². The van der Waals surface area contributed by atoms with E-state index in [-0.39, 0.29) is 0 Å². The minimum atomic E-state index is -0.491. The maximum Gasteiger partial charge on any atom is 0.320 e. The number of carbonyl (C=O) groups is 1. The highest BCUT2D eigenvalue weighted by molar-refractivity contribution is 6.14. The average molecular weight is 148 g/mol. The lowest BCUT2D eigenvalue weighted by Gasteiger charge is -2.10. The van der Waals surface area contributed by atoms with E-state index in [1.54, 1.807) is 6.20 Å². The van der Waals surface area contributed by atoms with Crippen LogP contribution in [0.5, 0.6) is 0 Å². The molecule has 2 N–H and O–H groups in total. The van der Waals surface area contributed by atoms with Crippen molar-refractivity contribution in [3.05, 3.63) is 12.4 Å². The molecule has 0 aromatic carbocycles. The highest BCUT2D eigenvalue weighted by atomic mass is 35.5. The maximum atomic E-state index is 10.4. The molecule has 1 aliphatic heterocycles. The van der Waals surface area contributed by atoms with Crippen molar-refractivity contribution in [3.63, 3.8) is 0 Å². The fraction of sp³-hybridized carbons (Fsp3) is 0.250. The lowest BCUT2D eigenvalue weighted by molar-refractivity contribution is 0.222. The molecule has 0 saturated heterocycles. The molecule has 1 heterocycles. The highest BCUT2D eigenvalue weighted by Gasteiger charge is 2.13. The maximum absolute atomic E-state index is 10.4. The van der Waals surface area contributed by atoms with Crippen molar-refractivity contribution in [2.75, 3.05) is 6.67 Å². The van der Waals surface area contributed by atoms with Crippen molar-refractivity contribution in [3.8, 4) is 0 Å². The van der Waals surface area contributed by atoms with E-state index < -0.39 is 6.03 Å². The number of primary amides is 1. The first-order valence-electron chi connectivity index (χ1n) is 2.37. The number of nitrogens with zero attached hydrogens (tertiary/aromatic N) is 2. The van der Waals surface area contributed by atoms with Crippen LogP contribution in [0, 0.1) is 0 Å². The predicted molar refractivity (Wildman–Crippen MR) is 33.1 cm³/mol. The monoisotopic (exact) mass is 147 g/mol. The van der Waals surface area contributed by atoms with E-state index in [0.717, 1.165) is 0 Å². The third kappa shape index (κ3) is 1.26. The summed E-state index contributed by atoms with van der Waals surface area (Å²) >= 11 is 5.45. The molecule has 50 valence electrons. The molecule has 1 aliphatic rings. The van der Waals surface area contributed by atoms with Gasteiger partial charge in [0.1, 0.15) is 6.67 Å². The number of amides is 2. The van der Waals surface area contributed by atoms with Crippen LogP contribution in [0.1, 0.15) is 0 Å². The number of nitrogens with two attached hydrogens (primary N) is 1. The summed E-state index contributed by atoms with van der Waals surface area (Å²) in [5.74, 6) is 0. The van der Waals surface area contributed by atoms with E-state index in [2.05, 4.69) is 0 Å². The number of carbonyl (C=O) groups excluding carboxylic acids is 1. The Morgan fingerprint density at radius 2 is 2.33 bits per heavy atom. The van der Waals surface area contributed by atoms with Gasteiger partial charge in [-0.3, -0.25) is 9.32 Å². The Labute approximate surface area is 57.6 Å². The first-order valence-corrected chi connectivity index (χ1v) is 2.71. The fourth-order valence-corrected chi connectivity index (χ4v) is 0.701. The van der Waals surface area contributed by atoms with Crippen molar-refractivity contribution < 1.29 is 4.79 Å². The Morgan fingerprint density at radius 1 is 1.67 bits per heavy atom. The number of halogens is 1. The number of hydrogen-bond acceptors (Lipinski definition) is 2. The summed E-state index contributed by atoms with van der Waals surface area (Å²) in [6, 6.07) is -0.491. The molecule has 9 heavy (non-hydrogen) atoms. The minimum Gasteiger partial charge on any atom is -0.351 e. The summed E-state index contributed by atoms with van der Waals surface area (Å²) in [6.07, 6.45) is 3.08. The van der Waals surface area contributed by atoms with Crippen molar-refractivity contribution in [1.82, 2.24) is 9.32 Å². The van der Waals surface area contributed by atoms with E-state index in [0.29, 0.717) is 6.67 Å². The van der Waals surface area contributed by atoms with Gasteiger partial charge in [0.15, 0.2) is 0 Å². The van der Waals surface area contributed by atoms with Crippen LogP contribution in [0.15, 0.2) is 12.4 Å². The summed E-state index contributed by atoms with van der Waals surface area (Å²) in [7, 11) is 0. The van der Waals surface area contributed by atoms with Crippen LogP contribution in [0.2, 0.25) is 0 Å². The molecule has 0 aromatic rings. The molecule has 0 aromatic heterocycles. The van der Waals surface area contributed by atoms with Crippen molar-refractivity contribution >= 4 is 17.8 Å². The van der Waals surface area contributed by atoms with Crippen LogP contribution in [0.4, 0.5) is 4.79 Å². The van der Waals surface area contributed by atoms with Crippen molar-refractivity contribution in [2.24, 2.45) is 5.73 Å². The normalized spacial score (nSPS) is 17.0. The lowest BCUT2D eigenvalue weighted by Crippen LogP contribution is -2.31. The van der Waals surface area contributed by atoms with Crippen molar-refractivity contribution in [2.45, 2.75) is 0 Å². The number of urea groups is 1. The summed E-state index contributed by atoms with van der Waals surface area (Å²) < 4.78 is 1.34. The zero-order valence-electron chi connectivity index (χ0n) is 4.62. The zero-order chi connectivity index (χ0) is 6.85. The zero-order valence-corrected chi connectivity index (χ0v) is 5.38. The van der Waals surface area contributed by atoms with Gasteiger partial charge in [-0.2, -0.15) is 0 Å². The molecule has 0 radical (unpaired) electrons. The molecule has 0 aliphatic carbocycles. The third-order valence-corrected chi connectivity index (χ3v) is 1.20. The fourth-order valence-electron chi connectivity index (χ4n) is 0.536. The quantitative estimate of drug-likeness (QED) is 0.500. The lowest BCUT2D eigenvalue weighted by atomic mass is 10.8. The minimum absolute atomic E-state index is 0.330. The Hall–Kier alpha value is -0.900. The highest BCUT2D eigenvalue weighted by Crippen LogP contribution is 2.07. The first kappa shape index (κ1) is 6.22. The van der Waals surface area contributed by atoms with Gasteiger partial charge in [0.2, 0.25) is 0 Å². The molecule has 0 spiro atoms. The Kier molecular flexibility index (Phi) is 1.48. The van der Waals surface area contributed by atoms with Crippen LogP contribution in [-0.2, 0) is 0 Å². The van der Waals surface area contributed by atoms with Crippen LogP contribution >= 0.6 is 11.8 Å². The van der Waals surface area contributed by atoms with Crippen LogP contribution < -0.4 is 5.73 Å². The molecule has 0 fully saturated rings. The summed E-state index contributed by atoms with van der Waals surface area (Å²) in [4.78, 5) is 11.7. The smallest absolute Gasteiger partial charge is 0.320 e. The molecule has 5 heteroatoms. The molecule has 0 unspecified atom stereocenters. The van der Waals surface area contributed by atoms with Gasteiger partial charge in [-0.25, -0.2) is 4.79 Å². The molecule has 0 saturated carbocycles. The van der Waals surface area contributed by atoms with Gasteiger partial charge < -0.3 is 5.73 Å². The second-order valence-electron chi connectivity index (χ2n) is 1.65. The standard InChI is InChI=1S/C4H6ClN3O/c5-8-2-1-7(3-8)4(6)9/h1-2H,3H2,(H2,6,9). The topological polar surface area (TPSA) is 49.6 Å². The van der Waals surface area contributed by atoms with Gasteiger partial charge in [0.25, 0.3) is 0 Å². The molecule has 2 amide bonds. The molecule has 1 rings (SSSR count). The summed E-state index contributed by atoms with van der Waals surface area (Å²) in [6.45, 7) is 0.330. The van der Waals surface area contributed by atoms with Gasteiger partial charge in [-0.15, -0.1) is 0 Å². The van der Waals surface area contributed by atoms with Gasteiger partial charge in [-0.05, 0) is 0 Å². The molecule has 0 bridgehead atoms. The Morgan fingerprint density at radius 3 is 2.56 bits per heavy atom. The molecular formula is C4H6ClN3O. The SMILES string of the molecule is NC(=O)N1C=CN(Cl)C1. The number of hydrogen-bond donors (Lipinski definition) is 1. The Balaban J connectivity index is 2.50. The molecule has 4 nitrogen and oxygen atoms in total. The van der Waals surface area contributed by atoms with E-state index in [9.17, 15) is 4.79 Å². The van der Waals surface area contributed by atoms with Crippen molar-refractivity contribution in [1.29, 1.82) is 0 Å². The second kappa shape index (κ2) is 2.14. The van der Waals surface area contributed by atoms with Gasteiger partial charge >= 0.3 is 6.03 Å². The third-order valence-electron chi connectivity index (χ3n) is 0.979. The van der Waals surface area contributed by atoms with E-state index >= 15 is 0 Å². The van der Waals surface area contributed by atoms with Crippen LogP contribution in [-0.4, -0.2) is 22.0 Å². The first-order chi connectivity index (χ1) is 4.20.